The number of fused-ring (bicyclic) bond motifs is 2. The van der Waals surface area contributed by atoms with Gasteiger partial charge in [0.25, 0.3) is 0 Å². The van der Waals surface area contributed by atoms with Crippen molar-refractivity contribution in [2.24, 2.45) is 11.8 Å². The fourth-order valence-corrected chi connectivity index (χ4v) is 6.45. The number of amides is 3. The minimum atomic E-state index is -0.140. The molecule has 3 heterocycles. The number of aromatic nitrogens is 1. The molecule has 0 radical (unpaired) electrons. The summed E-state index contributed by atoms with van der Waals surface area (Å²) in [6.07, 6.45) is 3.90. The van der Waals surface area contributed by atoms with Gasteiger partial charge in [-0.25, -0.2) is 4.98 Å². The van der Waals surface area contributed by atoms with Crippen molar-refractivity contribution in [1.29, 1.82) is 0 Å². The second-order valence-electron chi connectivity index (χ2n) is 9.19. The predicted molar refractivity (Wildman–Crippen MR) is 123 cm³/mol. The molecule has 3 amide bonds. The Kier molecular flexibility index (Phi) is 5.99. The average Bonchev–Trinajstić information content (AvgIpc) is 3.37. The number of hydrogen-bond acceptors (Lipinski definition) is 6. The highest BCUT2D eigenvalue weighted by Gasteiger charge is 2.47. The Balaban J connectivity index is 1.13. The minimum absolute atomic E-state index is 0.0350. The lowest BCUT2D eigenvalue weighted by molar-refractivity contribution is -0.141. The highest BCUT2D eigenvalue weighted by molar-refractivity contribution is 7.18. The van der Waals surface area contributed by atoms with Crippen molar-refractivity contribution in [3.8, 4) is 0 Å². The third-order valence-electron chi connectivity index (χ3n) is 7.36. The second kappa shape index (κ2) is 8.90. The molecule has 8 heteroatoms. The molecule has 3 aliphatic rings. The first kappa shape index (κ1) is 21.5. The lowest BCUT2D eigenvalue weighted by Gasteiger charge is -2.37. The summed E-state index contributed by atoms with van der Waals surface area (Å²) in [6.45, 7) is 5.34. The number of likely N-dealkylation sites (tertiary alicyclic amines) is 1. The van der Waals surface area contributed by atoms with Gasteiger partial charge in [-0.2, -0.15) is 0 Å². The minimum Gasteiger partial charge on any atom is -0.340 e. The predicted octanol–water partition coefficient (Wildman–Crippen LogP) is 3.07. The van der Waals surface area contributed by atoms with E-state index in [0.717, 1.165) is 49.3 Å². The molecule has 0 N–H and O–H groups in total. The smallest absolute Gasteiger partial charge is 0.233 e. The zero-order valence-corrected chi connectivity index (χ0v) is 19.4. The van der Waals surface area contributed by atoms with Crippen molar-refractivity contribution in [3.63, 3.8) is 0 Å². The van der Waals surface area contributed by atoms with Gasteiger partial charge in [-0.3, -0.25) is 24.2 Å². The molecule has 1 saturated carbocycles. The molecule has 1 aromatic heterocycles. The third-order valence-corrected chi connectivity index (χ3v) is 8.57. The number of rotatable bonds is 5. The third kappa shape index (κ3) is 3.94. The SMILES string of the molecule is C[C@H](c1nc2ccccc2s1)N1CCN(C(=O)CCN2C(=O)[C@@H]3CCCC[C@H]3C2=O)CC1. The van der Waals surface area contributed by atoms with Gasteiger partial charge >= 0.3 is 0 Å². The molecule has 1 aromatic carbocycles. The standard InChI is InChI=1S/C24H30N4O3S/c1-16(22-25-19-8-4-5-9-20(19)32-22)26-12-14-27(15-13-26)21(29)10-11-28-23(30)17-6-2-3-7-18(17)24(28)31/h4-5,8-9,16-18H,2-3,6-7,10-15H2,1H3/t16-,17-,18-/m1/s1. The van der Waals surface area contributed by atoms with Gasteiger partial charge in [-0.1, -0.05) is 25.0 Å². The topological polar surface area (TPSA) is 73.8 Å². The quantitative estimate of drug-likeness (QED) is 0.649. The molecular formula is C24H30N4O3S. The molecule has 0 bridgehead atoms. The summed E-state index contributed by atoms with van der Waals surface area (Å²) >= 11 is 1.73. The van der Waals surface area contributed by atoms with Crippen LogP contribution in [0.2, 0.25) is 0 Å². The van der Waals surface area contributed by atoms with Gasteiger partial charge in [0.2, 0.25) is 17.7 Å². The van der Waals surface area contributed by atoms with Crippen LogP contribution in [-0.2, 0) is 14.4 Å². The Bertz CT molecular complexity index is 972. The monoisotopic (exact) mass is 454 g/mol. The normalized spacial score (nSPS) is 25.4. The van der Waals surface area contributed by atoms with Crippen LogP contribution in [0.3, 0.4) is 0 Å². The van der Waals surface area contributed by atoms with Crippen molar-refractivity contribution in [2.45, 2.75) is 45.1 Å². The van der Waals surface area contributed by atoms with Crippen LogP contribution in [0.1, 0.15) is 50.1 Å². The van der Waals surface area contributed by atoms with Gasteiger partial charge in [0.05, 0.1) is 28.1 Å². The first-order valence-corrected chi connectivity index (χ1v) is 12.6. The summed E-state index contributed by atoms with van der Waals surface area (Å²) in [4.78, 5) is 48.4. The van der Waals surface area contributed by atoms with E-state index in [1.807, 2.05) is 23.1 Å². The molecule has 32 heavy (non-hydrogen) atoms. The summed E-state index contributed by atoms with van der Waals surface area (Å²) in [5.74, 6) is -0.352. The number of carbonyl (C=O) groups excluding carboxylic acids is 3. The zero-order chi connectivity index (χ0) is 22.2. The average molecular weight is 455 g/mol. The molecule has 7 nitrogen and oxygen atoms in total. The van der Waals surface area contributed by atoms with E-state index in [1.165, 1.54) is 9.60 Å². The summed E-state index contributed by atoms with van der Waals surface area (Å²) in [5, 5.41) is 1.11. The number of imide groups is 1. The highest BCUT2D eigenvalue weighted by atomic mass is 32.1. The maximum absolute atomic E-state index is 12.8. The first-order valence-electron chi connectivity index (χ1n) is 11.8. The first-order chi connectivity index (χ1) is 15.5. The number of carbonyl (C=O) groups is 3. The second-order valence-corrected chi connectivity index (χ2v) is 10.3. The zero-order valence-electron chi connectivity index (χ0n) is 18.5. The van der Waals surface area contributed by atoms with E-state index in [9.17, 15) is 14.4 Å². The van der Waals surface area contributed by atoms with Crippen molar-refractivity contribution < 1.29 is 14.4 Å². The number of thiazole rings is 1. The van der Waals surface area contributed by atoms with Gasteiger partial charge in [0.15, 0.2) is 0 Å². The van der Waals surface area contributed by atoms with E-state index in [1.54, 1.807) is 11.3 Å². The molecule has 1 aliphatic carbocycles. The summed E-state index contributed by atoms with van der Waals surface area (Å²) in [6, 6.07) is 8.41. The van der Waals surface area contributed by atoms with E-state index in [4.69, 9.17) is 4.98 Å². The Morgan fingerprint density at radius 2 is 1.72 bits per heavy atom. The van der Waals surface area contributed by atoms with Crippen LogP contribution in [-0.4, -0.2) is 70.1 Å². The number of benzene rings is 1. The van der Waals surface area contributed by atoms with Gasteiger partial charge < -0.3 is 4.90 Å². The van der Waals surface area contributed by atoms with Crippen molar-refractivity contribution in [2.75, 3.05) is 32.7 Å². The number of piperazine rings is 1. The van der Waals surface area contributed by atoms with Crippen LogP contribution in [0, 0.1) is 11.8 Å². The maximum atomic E-state index is 12.8. The van der Waals surface area contributed by atoms with Crippen molar-refractivity contribution in [1.82, 2.24) is 19.7 Å². The lowest BCUT2D eigenvalue weighted by atomic mass is 9.81. The van der Waals surface area contributed by atoms with Gasteiger partial charge in [0.1, 0.15) is 5.01 Å². The molecular weight excluding hydrogens is 424 g/mol. The van der Waals surface area contributed by atoms with Gasteiger partial charge in [-0.05, 0) is 31.9 Å². The van der Waals surface area contributed by atoms with E-state index in [2.05, 4.69) is 17.9 Å². The molecule has 0 unspecified atom stereocenters. The fraction of sp³-hybridized carbons (Fsp3) is 0.583. The molecule has 3 fully saturated rings. The molecule has 170 valence electrons. The number of para-hydroxylation sites is 1. The lowest BCUT2D eigenvalue weighted by Crippen LogP contribution is -2.49. The molecule has 0 spiro atoms. The van der Waals surface area contributed by atoms with E-state index in [0.29, 0.717) is 13.1 Å². The maximum Gasteiger partial charge on any atom is 0.233 e. The Labute approximate surface area is 192 Å². The van der Waals surface area contributed by atoms with Crippen LogP contribution in [0.25, 0.3) is 10.2 Å². The molecule has 2 aliphatic heterocycles. The number of hydrogen-bond donors (Lipinski definition) is 0. The molecule has 5 rings (SSSR count). The van der Waals surface area contributed by atoms with E-state index >= 15 is 0 Å². The fourth-order valence-electron chi connectivity index (χ4n) is 5.40. The van der Waals surface area contributed by atoms with Crippen LogP contribution < -0.4 is 0 Å². The van der Waals surface area contributed by atoms with E-state index in [-0.39, 0.29) is 48.6 Å². The summed E-state index contributed by atoms with van der Waals surface area (Å²) in [7, 11) is 0. The van der Waals surface area contributed by atoms with Crippen LogP contribution in [0.15, 0.2) is 24.3 Å². The van der Waals surface area contributed by atoms with Crippen molar-refractivity contribution >= 4 is 39.3 Å². The molecule has 2 saturated heterocycles. The summed E-state index contributed by atoms with van der Waals surface area (Å²) < 4.78 is 1.20. The Morgan fingerprint density at radius 3 is 2.38 bits per heavy atom. The summed E-state index contributed by atoms with van der Waals surface area (Å²) in [5.41, 5.74) is 1.04. The largest absolute Gasteiger partial charge is 0.340 e. The molecule has 3 atom stereocenters. The Hall–Kier alpha value is -2.32. The Morgan fingerprint density at radius 1 is 1.06 bits per heavy atom. The van der Waals surface area contributed by atoms with Crippen molar-refractivity contribution in [3.05, 3.63) is 29.3 Å². The highest BCUT2D eigenvalue weighted by Crippen LogP contribution is 2.38. The van der Waals surface area contributed by atoms with Gasteiger partial charge in [0, 0.05) is 39.1 Å². The van der Waals surface area contributed by atoms with Crippen LogP contribution >= 0.6 is 11.3 Å². The van der Waals surface area contributed by atoms with Gasteiger partial charge in [-0.15, -0.1) is 11.3 Å². The van der Waals surface area contributed by atoms with Crippen LogP contribution in [0.5, 0.6) is 0 Å². The van der Waals surface area contributed by atoms with Crippen LogP contribution in [0.4, 0.5) is 0 Å². The number of nitrogens with zero attached hydrogens (tertiary/aromatic N) is 4. The molecule has 2 aromatic rings. The van der Waals surface area contributed by atoms with E-state index < -0.39 is 0 Å².